The third kappa shape index (κ3) is 3.68. The van der Waals surface area contributed by atoms with Crippen molar-refractivity contribution in [1.82, 2.24) is 4.98 Å². The monoisotopic (exact) mass is 340 g/mol. The summed E-state index contributed by atoms with van der Waals surface area (Å²) >= 11 is 1.46. The second-order valence-electron chi connectivity index (χ2n) is 5.30. The van der Waals surface area contributed by atoms with E-state index >= 15 is 0 Å². The SMILES string of the molecule is CCN(C(=O)Cc1csc(-c2ccc(F)cc2)n1)c1ccccc1. The zero-order valence-corrected chi connectivity index (χ0v) is 14.1. The highest BCUT2D eigenvalue weighted by Gasteiger charge is 2.16. The van der Waals surface area contributed by atoms with Gasteiger partial charge in [0.15, 0.2) is 0 Å². The van der Waals surface area contributed by atoms with Crippen molar-refractivity contribution in [1.29, 1.82) is 0 Å². The molecule has 0 aliphatic heterocycles. The van der Waals surface area contributed by atoms with Gasteiger partial charge in [0.05, 0.1) is 12.1 Å². The minimum atomic E-state index is -0.271. The maximum atomic E-state index is 13.0. The van der Waals surface area contributed by atoms with E-state index in [1.807, 2.05) is 42.6 Å². The standard InChI is InChI=1S/C19H17FN2OS/c1-2-22(17-6-4-3-5-7-17)18(23)12-16-13-24-19(21-16)14-8-10-15(20)11-9-14/h3-11,13H,2,12H2,1H3. The summed E-state index contributed by atoms with van der Waals surface area (Å²) in [5.74, 6) is -0.258. The number of halogens is 1. The van der Waals surface area contributed by atoms with Crippen LogP contribution in [0.4, 0.5) is 10.1 Å². The highest BCUT2D eigenvalue weighted by molar-refractivity contribution is 7.13. The first-order chi connectivity index (χ1) is 11.7. The Bertz CT molecular complexity index is 815. The summed E-state index contributed by atoms with van der Waals surface area (Å²) in [6.07, 6.45) is 0.250. The number of aromatic nitrogens is 1. The fraction of sp³-hybridized carbons (Fsp3) is 0.158. The van der Waals surface area contributed by atoms with Gasteiger partial charge in [0.25, 0.3) is 0 Å². The van der Waals surface area contributed by atoms with Crippen molar-refractivity contribution in [2.75, 3.05) is 11.4 Å². The number of likely N-dealkylation sites (N-methyl/N-ethyl adjacent to an activating group) is 1. The van der Waals surface area contributed by atoms with Gasteiger partial charge in [-0.2, -0.15) is 0 Å². The number of thiazole rings is 1. The molecule has 3 nitrogen and oxygen atoms in total. The van der Waals surface area contributed by atoms with Gasteiger partial charge in [-0.25, -0.2) is 9.37 Å². The predicted molar refractivity (Wildman–Crippen MR) is 95.7 cm³/mol. The summed E-state index contributed by atoms with van der Waals surface area (Å²) in [6.45, 7) is 2.56. The van der Waals surface area contributed by atoms with Crippen molar-refractivity contribution in [2.24, 2.45) is 0 Å². The van der Waals surface area contributed by atoms with Crippen LogP contribution in [-0.4, -0.2) is 17.4 Å². The molecule has 0 fully saturated rings. The molecule has 24 heavy (non-hydrogen) atoms. The Kier molecular flexibility index (Phi) is 5.01. The molecule has 0 saturated heterocycles. The molecule has 0 saturated carbocycles. The van der Waals surface area contributed by atoms with Gasteiger partial charge in [-0.15, -0.1) is 11.3 Å². The maximum absolute atomic E-state index is 13.0. The molecule has 122 valence electrons. The van der Waals surface area contributed by atoms with Crippen LogP contribution in [-0.2, 0) is 11.2 Å². The number of carbonyl (C=O) groups is 1. The first kappa shape index (κ1) is 16.3. The Morgan fingerprint density at radius 2 is 1.83 bits per heavy atom. The van der Waals surface area contributed by atoms with Crippen LogP contribution in [0.1, 0.15) is 12.6 Å². The lowest BCUT2D eigenvalue weighted by Gasteiger charge is -2.20. The largest absolute Gasteiger partial charge is 0.312 e. The Morgan fingerprint density at radius 3 is 2.50 bits per heavy atom. The lowest BCUT2D eigenvalue weighted by Crippen LogP contribution is -2.32. The van der Waals surface area contributed by atoms with Crippen molar-refractivity contribution in [3.63, 3.8) is 0 Å². The molecular formula is C19H17FN2OS. The van der Waals surface area contributed by atoms with Gasteiger partial charge < -0.3 is 4.90 Å². The third-order valence-electron chi connectivity index (χ3n) is 3.66. The number of para-hydroxylation sites is 1. The molecule has 0 unspecified atom stereocenters. The normalized spacial score (nSPS) is 10.6. The molecule has 3 aromatic rings. The number of amides is 1. The Labute approximate surface area is 144 Å². The van der Waals surface area contributed by atoms with Crippen LogP contribution in [0.5, 0.6) is 0 Å². The summed E-state index contributed by atoms with van der Waals surface area (Å²) < 4.78 is 13.0. The molecule has 0 bridgehead atoms. The molecule has 2 aromatic carbocycles. The van der Waals surface area contributed by atoms with Crippen molar-refractivity contribution in [3.05, 3.63) is 71.5 Å². The van der Waals surface area contributed by atoms with Crippen molar-refractivity contribution in [2.45, 2.75) is 13.3 Å². The number of nitrogens with zero attached hydrogens (tertiary/aromatic N) is 2. The Hall–Kier alpha value is -2.53. The fourth-order valence-electron chi connectivity index (χ4n) is 2.47. The summed E-state index contributed by atoms with van der Waals surface area (Å²) in [6, 6.07) is 15.8. The molecule has 0 aliphatic rings. The van der Waals surface area contributed by atoms with Crippen molar-refractivity contribution >= 4 is 22.9 Å². The van der Waals surface area contributed by atoms with E-state index in [1.54, 1.807) is 17.0 Å². The van der Waals surface area contributed by atoms with Gasteiger partial charge in [-0.05, 0) is 43.3 Å². The molecule has 0 radical (unpaired) electrons. The van der Waals surface area contributed by atoms with E-state index in [2.05, 4.69) is 4.98 Å². The van der Waals surface area contributed by atoms with Crippen molar-refractivity contribution < 1.29 is 9.18 Å². The quantitative estimate of drug-likeness (QED) is 0.683. The summed E-state index contributed by atoms with van der Waals surface area (Å²) in [4.78, 5) is 18.8. The van der Waals surface area contributed by atoms with Crippen molar-refractivity contribution in [3.8, 4) is 10.6 Å². The van der Waals surface area contributed by atoms with E-state index < -0.39 is 0 Å². The zero-order chi connectivity index (χ0) is 16.9. The molecule has 1 heterocycles. The Balaban J connectivity index is 1.74. The lowest BCUT2D eigenvalue weighted by molar-refractivity contribution is -0.118. The maximum Gasteiger partial charge on any atom is 0.233 e. The average Bonchev–Trinajstić information content (AvgIpc) is 3.05. The smallest absolute Gasteiger partial charge is 0.233 e. The number of hydrogen-bond donors (Lipinski definition) is 0. The van der Waals surface area contributed by atoms with Gasteiger partial charge in [0, 0.05) is 23.2 Å². The molecule has 5 heteroatoms. The fourth-order valence-corrected chi connectivity index (χ4v) is 3.30. The minimum Gasteiger partial charge on any atom is -0.312 e. The van der Waals surface area contributed by atoms with E-state index in [0.29, 0.717) is 6.54 Å². The van der Waals surface area contributed by atoms with Crippen LogP contribution in [0, 0.1) is 5.82 Å². The summed E-state index contributed by atoms with van der Waals surface area (Å²) in [7, 11) is 0. The van der Waals surface area contributed by atoms with Gasteiger partial charge in [0.1, 0.15) is 10.8 Å². The first-order valence-corrected chi connectivity index (χ1v) is 8.61. The van der Waals surface area contributed by atoms with Crippen LogP contribution < -0.4 is 4.90 Å². The van der Waals surface area contributed by atoms with E-state index in [1.165, 1.54) is 23.5 Å². The highest BCUT2D eigenvalue weighted by Crippen LogP contribution is 2.24. The first-order valence-electron chi connectivity index (χ1n) is 7.73. The van der Waals surface area contributed by atoms with Crippen LogP contribution in [0.15, 0.2) is 60.0 Å². The molecule has 1 aromatic heterocycles. The summed E-state index contributed by atoms with van der Waals surface area (Å²) in [5, 5.41) is 2.68. The van der Waals surface area contributed by atoms with Gasteiger partial charge in [-0.1, -0.05) is 18.2 Å². The summed E-state index contributed by atoms with van der Waals surface area (Å²) in [5.41, 5.74) is 2.48. The molecule has 0 N–H and O–H groups in total. The highest BCUT2D eigenvalue weighted by atomic mass is 32.1. The minimum absolute atomic E-state index is 0.0136. The molecular weight excluding hydrogens is 323 g/mol. The van der Waals surface area contributed by atoms with Crippen LogP contribution >= 0.6 is 11.3 Å². The van der Waals surface area contributed by atoms with E-state index in [9.17, 15) is 9.18 Å². The second-order valence-corrected chi connectivity index (χ2v) is 6.16. The van der Waals surface area contributed by atoms with E-state index in [0.717, 1.165) is 22.0 Å². The van der Waals surface area contributed by atoms with Gasteiger partial charge >= 0.3 is 0 Å². The second kappa shape index (κ2) is 7.36. The van der Waals surface area contributed by atoms with Gasteiger partial charge in [0.2, 0.25) is 5.91 Å². The van der Waals surface area contributed by atoms with Crippen LogP contribution in [0.3, 0.4) is 0 Å². The molecule has 1 amide bonds. The van der Waals surface area contributed by atoms with E-state index in [4.69, 9.17) is 0 Å². The topological polar surface area (TPSA) is 33.2 Å². The van der Waals surface area contributed by atoms with Crippen LogP contribution in [0.25, 0.3) is 10.6 Å². The molecule has 0 spiro atoms. The van der Waals surface area contributed by atoms with Gasteiger partial charge in [-0.3, -0.25) is 4.79 Å². The molecule has 0 aliphatic carbocycles. The predicted octanol–water partition coefficient (Wildman–Crippen LogP) is 4.54. The number of hydrogen-bond acceptors (Lipinski definition) is 3. The number of carbonyl (C=O) groups excluding carboxylic acids is 1. The lowest BCUT2D eigenvalue weighted by atomic mass is 10.2. The molecule has 3 rings (SSSR count). The average molecular weight is 340 g/mol. The molecule has 0 atom stereocenters. The van der Waals surface area contributed by atoms with Crippen LogP contribution in [0.2, 0.25) is 0 Å². The Morgan fingerprint density at radius 1 is 1.12 bits per heavy atom. The number of rotatable bonds is 5. The number of anilines is 1. The van der Waals surface area contributed by atoms with E-state index in [-0.39, 0.29) is 18.1 Å². The third-order valence-corrected chi connectivity index (χ3v) is 4.60. The number of benzene rings is 2. The zero-order valence-electron chi connectivity index (χ0n) is 13.3.